The molecule has 3 amide bonds. The minimum atomic E-state index is -0.936. The molecular formula is C18H16N4O4S. The summed E-state index contributed by atoms with van der Waals surface area (Å²) in [5.74, 6) is -0.232. The number of benzene rings is 2. The summed E-state index contributed by atoms with van der Waals surface area (Å²) >= 11 is 1.02. The minimum Gasteiger partial charge on any atom is -0.495 e. The third-order valence-electron chi connectivity index (χ3n) is 3.67. The average molecular weight is 384 g/mol. The topological polar surface area (TPSA) is 116 Å². The van der Waals surface area contributed by atoms with Gasteiger partial charge < -0.3 is 10.5 Å². The second-order valence-corrected chi connectivity index (χ2v) is 6.37. The number of nitrogens with one attached hydrogen (secondary N) is 1. The van der Waals surface area contributed by atoms with E-state index in [4.69, 9.17) is 10.5 Å². The summed E-state index contributed by atoms with van der Waals surface area (Å²) < 4.78 is 6.76. The Hall–Kier alpha value is -3.33. The number of nitrogens with zero attached hydrogens (tertiary/aromatic N) is 2. The van der Waals surface area contributed by atoms with Crippen molar-refractivity contribution in [2.45, 2.75) is 5.16 Å². The van der Waals surface area contributed by atoms with Crippen LogP contribution in [0.4, 0.5) is 4.79 Å². The monoisotopic (exact) mass is 384 g/mol. The summed E-state index contributed by atoms with van der Waals surface area (Å²) in [4.78, 5) is 40.2. The van der Waals surface area contributed by atoms with Crippen molar-refractivity contribution in [2.24, 2.45) is 5.73 Å². The van der Waals surface area contributed by atoms with Crippen molar-refractivity contribution in [1.82, 2.24) is 14.9 Å². The number of carbonyl (C=O) groups is 2. The lowest BCUT2D eigenvalue weighted by atomic mass is 10.2. The molecule has 3 aromatic rings. The number of primary amides is 1. The van der Waals surface area contributed by atoms with E-state index < -0.39 is 11.9 Å². The molecular weight excluding hydrogens is 368 g/mol. The predicted octanol–water partition coefficient (Wildman–Crippen LogP) is 1.68. The average Bonchev–Trinajstić information content (AvgIpc) is 2.66. The summed E-state index contributed by atoms with van der Waals surface area (Å²) in [6.45, 7) is 0. The number of para-hydroxylation sites is 3. The first-order valence-corrected chi connectivity index (χ1v) is 8.87. The van der Waals surface area contributed by atoms with Gasteiger partial charge in [-0.3, -0.25) is 19.5 Å². The van der Waals surface area contributed by atoms with Crippen LogP contribution in [-0.4, -0.2) is 34.4 Å². The van der Waals surface area contributed by atoms with Gasteiger partial charge in [-0.15, -0.1) is 0 Å². The van der Waals surface area contributed by atoms with Crippen molar-refractivity contribution in [1.29, 1.82) is 0 Å². The van der Waals surface area contributed by atoms with E-state index in [-0.39, 0.29) is 11.3 Å². The molecule has 0 aliphatic rings. The molecule has 0 spiro atoms. The summed E-state index contributed by atoms with van der Waals surface area (Å²) in [5.41, 5.74) is 5.67. The fourth-order valence-electron chi connectivity index (χ4n) is 2.54. The van der Waals surface area contributed by atoms with Gasteiger partial charge in [0, 0.05) is 0 Å². The van der Waals surface area contributed by atoms with Crippen molar-refractivity contribution in [3.63, 3.8) is 0 Å². The number of rotatable bonds is 5. The zero-order chi connectivity index (χ0) is 19.4. The van der Waals surface area contributed by atoms with E-state index in [1.807, 2.05) is 5.32 Å². The molecule has 0 aliphatic heterocycles. The molecule has 1 heterocycles. The lowest BCUT2D eigenvalue weighted by Crippen LogP contribution is -2.36. The van der Waals surface area contributed by atoms with E-state index in [0.29, 0.717) is 27.5 Å². The maximum atomic E-state index is 13.1. The van der Waals surface area contributed by atoms with Crippen LogP contribution in [0.1, 0.15) is 0 Å². The third kappa shape index (κ3) is 3.93. The molecule has 1 aromatic heterocycles. The van der Waals surface area contributed by atoms with Crippen LogP contribution in [0.3, 0.4) is 0 Å². The number of fused-ring (bicyclic) bond motifs is 1. The van der Waals surface area contributed by atoms with Gasteiger partial charge in [0.25, 0.3) is 5.56 Å². The Morgan fingerprint density at radius 1 is 1.19 bits per heavy atom. The quantitative estimate of drug-likeness (QED) is 0.511. The highest BCUT2D eigenvalue weighted by molar-refractivity contribution is 7.99. The van der Waals surface area contributed by atoms with Gasteiger partial charge in [0.05, 0.1) is 29.5 Å². The van der Waals surface area contributed by atoms with Crippen molar-refractivity contribution >= 4 is 34.6 Å². The van der Waals surface area contributed by atoms with Crippen molar-refractivity contribution in [3.05, 3.63) is 58.9 Å². The smallest absolute Gasteiger partial charge is 0.318 e. The normalized spacial score (nSPS) is 10.6. The summed E-state index contributed by atoms with van der Waals surface area (Å²) in [6, 6.07) is 13.0. The Bertz CT molecular complexity index is 1080. The maximum Gasteiger partial charge on any atom is 0.318 e. The molecule has 2 aromatic carbocycles. The van der Waals surface area contributed by atoms with Crippen LogP contribution in [0.5, 0.6) is 5.75 Å². The van der Waals surface area contributed by atoms with Crippen LogP contribution in [0, 0.1) is 0 Å². The Labute approximate surface area is 158 Å². The predicted molar refractivity (Wildman–Crippen MR) is 102 cm³/mol. The molecule has 3 rings (SSSR count). The number of methoxy groups -OCH3 is 1. The molecule has 0 saturated carbocycles. The summed E-state index contributed by atoms with van der Waals surface area (Å²) in [6.07, 6.45) is 0. The Kier molecular flexibility index (Phi) is 5.41. The van der Waals surface area contributed by atoms with Crippen LogP contribution in [-0.2, 0) is 4.79 Å². The summed E-state index contributed by atoms with van der Waals surface area (Å²) in [5, 5.41) is 2.72. The lowest BCUT2D eigenvalue weighted by Gasteiger charge is -2.15. The molecule has 138 valence electrons. The van der Waals surface area contributed by atoms with E-state index in [9.17, 15) is 14.4 Å². The Morgan fingerprint density at radius 2 is 1.89 bits per heavy atom. The van der Waals surface area contributed by atoms with Gasteiger partial charge in [-0.25, -0.2) is 9.78 Å². The molecule has 0 saturated heterocycles. The second-order valence-electron chi connectivity index (χ2n) is 5.43. The zero-order valence-corrected chi connectivity index (χ0v) is 15.2. The molecule has 0 fully saturated rings. The van der Waals surface area contributed by atoms with Crippen LogP contribution < -0.4 is 21.3 Å². The van der Waals surface area contributed by atoms with Gasteiger partial charge in [-0.05, 0) is 24.3 Å². The first kappa shape index (κ1) is 18.5. The number of ether oxygens (including phenoxy) is 1. The fourth-order valence-corrected chi connectivity index (χ4v) is 3.35. The number of thioether (sulfide) groups is 1. The molecule has 0 bridgehead atoms. The second kappa shape index (κ2) is 7.92. The molecule has 3 N–H and O–H groups in total. The van der Waals surface area contributed by atoms with E-state index >= 15 is 0 Å². The highest BCUT2D eigenvalue weighted by atomic mass is 32.2. The van der Waals surface area contributed by atoms with Crippen LogP contribution >= 0.6 is 11.8 Å². The van der Waals surface area contributed by atoms with Gasteiger partial charge in [-0.2, -0.15) is 0 Å². The Morgan fingerprint density at radius 3 is 2.63 bits per heavy atom. The van der Waals surface area contributed by atoms with Crippen LogP contribution in [0.25, 0.3) is 16.6 Å². The number of imide groups is 1. The van der Waals surface area contributed by atoms with Gasteiger partial charge in [-0.1, -0.05) is 36.0 Å². The van der Waals surface area contributed by atoms with Gasteiger partial charge >= 0.3 is 6.03 Å². The highest BCUT2D eigenvalue weighted by Gasteiger charge is 2.17. The van der Waals surface area contributed by atoms with Crippen molar-refractivity contribution in [2.75, 3.05) is 12.9 Å². The lowest BCUT2D eigenvalue weighted by molar-refractivity contribution is -0.117. The number of nitrogens with two attached hydrogens (primary N) is 1. The van der Waals surface area contributed by atoms with E-state index in [1.165, 1.54) is 11.7 Å². The Balaban J connectivity index is 2.14. The number of hydrogen-bond acceptors (Lipinski definition) is 6. The fraction of sp³-hybridized carbons (Fsp3) is 0.111. The van der Waals surface area contributed by atoms with Gasteiger partial charge in [0.15, 0.2) is 5.16 Å². The SMILES string of the molecule is COc1ccccc1-n1c(SCC(=O)NC(N)=O)nc2ccccc2c1=O. The standard InChI is InChI=1S/C18H16N4O4S/c1-26-14-9-5-4-8-13(14)22-16(24)11-6-2-3-7-12(11)20-18(22)27-10-15(23)21-17(19)25/h2-9H,10H2,1H3,(H3,19,21,23,25). The molecule has 0 radical (unpaired) electrons. The first-order valence-electron chi connectivity index (χ1n) is 7.88. The minimum absolute atomic E-state index is 0.136. The number of hydrogen-bond donors (Lipinski definition) is 2. The zero-order valence-electron chi connectivity index (χ0n) is 14.3. The molecule has 8 nitrogen and oxygen atoms in total. The largest absolute Gasteiger partial charge is 0.495 e. The van der Waals surface area contributed by atoms with Crippen molar-refractivity contribution < 1.29 is 14.3 Å². The van der Waals surface area contributed by atoms with Gasteiger partial charge in [0.2, 0.25) is 5.91 Å². The number of amides is 3. The highest BCUT2D eigenvalue weighted by Crippen LogP contribution is 2.26. The molecule has 27 heavy (non-hydrogen) atoms. The molecule has 9 heteroatoms. The van der Waals surface area contributed by atoms with Crippen LogP contribution in [0.2, 0.25) is 0 Å². The molecule has 0 unspecified atom stereocenters. The first-order chi connectivity index (χ1) is 13.0. The third-order valence-corrected chi connectivity index (χ3v) is 4.60. The number of aromatic nitrogens is 2. The molecule has 0 atom stereocenters. The van der Waals surface area contributed by atoms with E-state index in [0.717, 1.165) is 11.8 Å². The maximum absolute atomic E-state index is 13.1. The number of carbonyl (C=O) groups excluding carboxylic acids is 2. The van der Waals surface area contributed by atoms with Gasteiger partial charge in [0.1, 0.15) is 5.75 Å². The summed E-state index contributed by atoms with van der Waals surface area (Å²) in [7, 11) is 1.51. The van der Waals surface area contributed by atoms with E-state index in [1.54, 1.807) is 48.5 Å². The number of urea groups is 1. The molecule has 0 aliphatic carbocycles. The van der Waals surface area contributed by atoms with Crippen molar-refractivity contribution in [3.8, 4) is 11.4 Å². The van der Waals surface area contributed by atoms with E-state index in [2.05, 4.69) is 4.98 Å². The van der Waals surface area contributed by atoms with Crippen LogP contribution in [0.15, 0.2) is 58.5 Å².